The molecular formula is C16H22N2O3. The number of hydrogen-bond donors (Lipinski definition) is 1. The number of carbonyl (C=O) groups is 1. The van der Waals surface area contributed by atoms with Gasteiger partial charge < -0.3 is 19.7 Å². The van der Waals surface area contributed by atoms with Gasteiger partial charge in [-0.05, 0) is 30.9 Å². The van der Waals surface area contributed by atoms with E-state index in [-0.39, 0.29) is 5.91 Å². The summed E-state index contributed by atoms with van der Waals surface area (Å²) in [6.07, 6.45) is 2.06. The second-order valence-electron chi connectivity index (χ2n) is 5.70. The Morgan fingerprint density at radius 2 is 2.14 bits per heavy atom. The first-order valence-corrected chi connectivity index (χ1v) is 7.58. The molecule has 21 heavy (non-hydrogen) atoms. The third-order valence-electron chi connectivity index (χ3n) is 4.13. The number of carbonyl (C=O) groups excluding carboxylic acids is 1. The molecule has 1 aromatic carbocycles. The van der Waals surface area contributed by atoms with E-state index in [9.17, 15) is 4.79 Å². The van der Waals surface area contributed by atoms with Gasteiger partial charge in [-0.1, -0.05) is 6.07 Å². The maximum Gasteiger partial charge on any atom is 0.257 e. The molecule has 0 aromatic heterocycles. The van der Waals surface area contributed by atoms with Crippen LogP contribution in [-0.4, -0.2) is 50.8 Å². The average molecular weight is 290 g/mol. The van der Waals surface area contributed by atoms with E-state index in [1.807, 2.05) is 30.1 Å². The lowest BCUT2D eigenvalue weighted by Crippen LogP contribution is -2.34. The zero-order valence-electron chi connectivity index (χ0n) is 12.4. The highest BCUT2D eigenvalue weighted by Crippen LogP contribution is 2.32. The Morgan fingerprint density at radius 1 is 1.33 bits per heavy atom. The second-order valence-corrected chi connectivity index (χ2v) is 5.70. The molecule has 1 amide bonds. The smallest absolute Gasteiger partial charge is 0.257 e. The van der Waals surface area contributed by atoms with Crippen molar-refractivity contribution in [1.82, 2.24) is 4.90 Å². The van der Waals surface area contributed by atoms with Crippen LogP contribution < -0.4 is 10.1 Å². The molecular weight excluding hydrogens is 268 g/mol. The number of para-hydroxylation sites is 1. The summed E-state index contributed by atoms with van der Waals surface area (Å²) in [6.45, 7) is 3.77. The summed E-state index contributed by atoms with van der Waals surface area (Å²) in [5.41, 5.74) is 1.56. The van der Waals surface area contributed by atoms with Gasteiger partial charge in [0.2, 0.25) is 0 Å². The van der Waals surface area contributed by atoms with Gasteiger partial charge >= 0.3 is 0 Å². The Morgan fingerprint density at radius 3 is 2.95 bits per heavy atom. The van der Waals surface area contributed by atoms with E-state index >= 15 is 0 Å². The van der Waals surface area contributed by atoms with E-state index in [0.717, 1.165) is 44.8 Å². The zero-order chi connectivity index (χ0) is 14.7. The van der Waals surface area contributed by atoms with Crippen LogP contribution in [0.15, 0.2) is 18.2 Å². The first-order chi connectivity index (χ1) is 10.3. The van der Waals surface area contributed by atoms with Crippen molar-refractivity contribution in [2.24, 2.45) is 5.92 Å². The lowest BCUT2D eigenvalue weighted by atomic mass is 9.99. The number of ether oxygens (including phenoxy) is 2. The summed E-state index contributed by atoms with van der Waals surface area (Å²) in [4.78, 5) is 14.5. The van der Waals surface area contributed by atoms with Gasteiger partial charge in [0.15, 0.2) is 5.75 Å². The number of hydrogen-bond acceptors (Lipinski definition) is 4. The molecule has 1 aromatic rings. The zero-order valence-corrected chi connectivity index (χ0v) is 12.4. The van der Waals surface area contributed by atoms with Crippen LogP contribution in [0.1, 0.15) is 23.2 Å². The first kappa shape index (κ1) is 14.2. The van der Waals surface area contributed by atoms with Crippen LogP contribution in [0, 0.1) is 5.92 Å². The molecule has 0 radical (unpaired) electrons. The van der Waals surface area contributed by atoms with Crippen molar-refractivity contribution < 1.29 is 14.3 Å². The average Bonchev–Trinajstić information content (AvgIpc) is 2.54. The van der Waals surface area contributed by atoms with E-state index in [0.29, 0.717) is 23.8 Å². The Bertz CT molecular complexity index is 512. The summed E-state index contributed by atoms with van der Waals surface area (Å²) >= 11 is 0. The molecule has 0 unspecified atom stereocenters. The Kier molecular flexibility index (Phi) is 4.29. The molecule has 0 saturated carbocycles. The SMILES string of the molecule is CN(CC1CCOCC1)C(=O)c1cccc2c1OCCN2. The van der Waals surface area contributed by atoms with Crippen molar-refractivity contribution in [3.05, 3.63) is 23.8 Å². The minimum Gasteiger partial charge on any atom is -0.489 e. The third kappa shape index (κ3) is 3.13. The maximum absolute atomic E-state index is 12.7. The molecule has 5 nitrogen and oxygen atoms in total. The molecule has 2 aliphatic rings. The summed E-state index contributed by atoms with van der Waals surface area (Å²) in [7, 11) is 1.87. The molecule has 0 bridgehead atoms. The fourth-order valence-corrected chi connectivity index (χ4v) is 2.94. The van der Waals surface area contributed by atoms with Crippen LogP contribution in [-0.2, 0) is 4.74 Å². The molecule has 3 rings (SSSR count). The number of anilines is 1. The number of nitrogens with zero attached hydrogens (tertiary/aromatic N) is 1. The van der Waals surface area contributed by atoms with E-state index in [1.165, 1.54) is 0 Å². The van der Waals surface area contributed by atoms with Gasteiger partial charge in [-0.2, -0.15) is 0 Å². The molecule has 0 spiro atoms. The maximum atomic E-state index is 12.7. The molecule has 0 atom stereocenters. The molecule has 2 heterocycles. The minimum absolute atomic E-state index is 0.0297. The topological polar surface area (TPSA) is 50.8 Å². The molecule has 1 N–H and O–H groups in total. The molecule has 114 valence electrons. The van der Waals surface area contributed by atoms with Gasteiger partial charge in [-0.25, -0.2) is 0 Å². The summed E-state index contributed by atoms with van der Waals surface area (Å²) < 4.78 is 11.1. The molecule has 1 fully saturated rings. The van der Waals surface area contributed by atoms with Gasteiger partial charge in [-0.3, -0.25) is 4.79 Å². The molecule has 2 aliphatic heterocycles. The number of rotatable bonds is 3. The normalized spacial score (nSPS) is 18.3. The number of nitrogens with one attached hydrogen (secondary N) is 1. The molecule has 1 saturated heterocycles. The third-order valence-corrected chi connectivity index (χ3v) is 4.13. The molecule has 5 heteroatoms. The highest BCUT2D eigenvalue weighted by atomic mass is 16.5. The van der Waals surface area contributed by atoms with Crippen molar-refractivity contribution in [2.45, 2.75) is 12.8 Å². The quantitative estimate of drug-likeness (QED) is 0.925. The van der Waals surface area contributed by atoms with Crippen LogP contribution in [0.4, 0.5) is 5.69 Å². The lowest BCUT2D eigenvalue weighted by Gasteiger charge is -2.28. The summed E-state index contributed by atoms with van der Waals surface area (Å²) in [6, 6.07) is 5.69. The second kappa shape index (κ2) is 6.35. The van der Waals surface area contributed by atoms with E-state index < -0.39 is 0 Å². The van der Waals surface area contributed by atoms with Crippen LogP contribution >= 0.6 is 0 Å². The van der Waals surface area contributed by atoms with Crippen molar-refractivity contribution in [2.75, 3.05) is 45.3 Å². The van der Waals surface area contributed by atoms with Gasteiger partial charge in [0.1, 0.15) is 6.61 Å². The van der Waals surface area contributed by atoms with Gasteiger partial charge in [-0.15, -0.1) is 0 Å². The monoisotopic (exact) mass is 290 g/mol. The van der Waals surface area contributed by atoms with E-state index in [2.05, 4.69) is 5.32 Å². The van der Waals surface area contributed by atoms with Crippen LogP contribution in [0.2, 0.25) is 0 Å². The summed E-state index contributed by atoms with van der Waals surface area (Å²) in [5, 5.41) is 3.27. The van der Waals surface area contributed by atoms with Crippen molar-refractivity contribution in [3.8, 4) is 5.75 Å². The number of fused-ring (bicyclic) bond motifs is 1. The highest BCUT2D eigenvalue weighted by molar-refractivity contribution is 5.98. The fourth-order valence-electron chi connectivity index (χ4n) is 2.94. The number of benzene rings is 1. The van der Waals surface area contributed by atoms with Gasteiger partial charge in [0.05, 0.1) is 11.3 Å². The largest absolute Gasteiger partial charge is 0.489 e. The van der Waals surface area contributed by atoms with Crippen LogP contribution in [0.25, 0.3) is 0 Å². The van der Waals surface area contributed by atoms with Crippen LogP contribution in [0.5, 0.6) is 5.75 Å². The lowest BCUT2D eigenvalue weighted by molar-refractivity contribution is 0.0495. The standard InChI is InChI=1S/C16H22N2O3/c1-18(11-12-5-8-20-9-6-12)16(19)13-3-2-4-14-15(13)21-10-7-17-14/h2-4,12,17H,5-11H2,1H3. The Labute approximate surface area is 125 Å². The van der Waals surface area contributed by atoms with E-state index in [4.69, 9.17) is 9.47 Å². The van der Waals surface area contributed by atoms with Gasteiger partial charge in [0.25, 0.3) is 5.91 Å². The van der Waals surface area contributed by atoms with E-state index in [1.54, 1.807) is 0 Å². The Balaban J connectivity index is 1.72. The van der Waals surface area contributed by atoms with Crippen molar-refractivity contribution >= 4 is 11.6 Å². The predicted molar refractivity (Wildman–Crippen MR) is 80.9 cm³/mol. The number of amides is 1. The predicted octanol–water partition coefficient (Wildman–Crippen LogP) is 1.99. The molecule has 0 aliphatic carbocycles. The highest BCUT2D eigenvalue weighted by Gasteiger charge is 2.24. The summed E-state index contributed by atoms with van der Waals surface area (Å²) in [5.74, 6) is 1.25. The van der Waals surface area contributed by atoms with Crippen molar-refractivity contribution in [1.29, 1.82) is 0 Å². The minimum atomic E-state index is 0.0297. The van der Waals surface area contributed by atoms with Crippen LogP contribution in [0.3, 0.4) is 0 Å². The van der Waals surface area contributed by atoms with Gasteiger partial charge in [0, 0.05) is 33.4 Å². The Hall–Kier alpha value is -1.75. The first-order valence-electron chi connectivity index (χ1n) is 7.58. The fraction of sp³-hybridized carbons (Fsp3) is 0.562. The van der Waals surface area contributed by atoms with Crippen molar-refractivity contribution in [3.63, 3.8) is 0 Å².